The zero-order valence-corrected chi connectivity index (χ0v) is 9.10. The molecule has 0 aromatic carbocycles. The van der Waals surface area contributed by atoms with Crippen LogP contribution in [0, 0.1) is 6.92 Å². The van der Waals surface area contributed by atoms with E-state index in [0.29, 0.717) is 6.54 Å². The number of anilines is 1. The molecule has 5 heteroatoms. The minimum absolute atomic E-state index is 0.0160. The van der Waals surface area contributed by atoms with E-state index >= 15 is 0 Å². The van der Waals surface area contributed by atoms with Gasteiger partial charge in [-0.05, 0) is 19.1 Å². The SMILES string of the molecule is Cc1cc(NCc2csc(=O)[nH]2)ccn1. The highest BCUT2D eigenvalue weighted by Crippen LogP contribution is 2.08. The number of hydrogen-bond acceptors (Lipinski definition) is 4. The van der Waals surface area contributed by atoms with E-state index in [4.69, 9.17) is 0 Å². The Morgan fingerprint density at radius 3 is 3.13 bits per heavy atom. The number of hydrogen-bond donors (Lipinski definition) is 2. The standard InChI is InChI=1S/C10H11N3OS/c1-7-4-8(2-3-11-7)12-5-9-6-15-10(14)13-9/h2-4,6H,5H2,1H3,(H,11,12)(H,13,14). The number of nitrogens with zero attached hydrogens (tertiary/aromatic N) is 1. The Morgan fingerprint density at radius 1 is 1.60 bits per heavy atom. The summed E-state index contributed by atoms with van der Waals surface area (Å²) >= 11 is 1.18. The van der Waals surface area contributed by atoms with Crippen molar-refractivity contribution in [1.29, 1.82) is 0 Å². The van der Waals surface area contributed by atoms with Gasteiger partial charge in [0.15, 0.2) is 0 Å². The fourth-order valence-corrected chi connectivity index (χ4v) is 1.83. The highest BCUT2D eigenvalue weighted by atomic mass is 32.1. The summed E-state index contributed by atoms with van der Waals surface area (Å²) in [7, 11) is 0. The second kappa shape index (κ2) is 4.27. The molecule has 0 amide bonds. The van der Waals surface area contributed by atoms with Crippen molar-refractivity contribution in [3.8, 4) is 0 Å². The van der Waals surface area contributed by atoms with E-state index in [1.54, 1.807) is 6.20 Å². The molecule has 0 aliphatic heterocycles. The first-order valence-electron chi connectivity index (χ1n) is 4.57. The first-order chi connectivity index (χ1) is 7.24. The fourth-order valence-electron chi connectivity index (χ4n) is 1.25. The normalized spacial score (nSPS) is 10.2. The number of aryl methyl sites for hydroxylation is 1. The molecule has 0 atom stereocenters. The number of H-pyrrole nitrogens is 1. The number of thiazole rings is 1. The number of nitrogens with one attached hydrogen (secondary N) is 2. The largest absolute Gasteiger partial charge is 0.379 e. The van der Waals surface area contributed by atoms with E-state index in [2.05, 4.69) is 15.3 Å². The van der Waals surface area contributed by atoms with Gasteiger partial charge in [-0.15, -0.1) is 0 Å². The molecule has 0 radical (unpaired) electrons. The minimum Gasteiger partial charge on any atom is -0.379 e. The third-order valence-electron chi connectivity index (χ3n) is 1.95. The Hall–Kier alpha value is -1.62. The molecule has 2 aromatic heterocycles. The van der Waals surface area contributed by atoms with Crippen LogP contribution in [0.4, 0.5) is 5.69 Å². The number of rotatable bonds is 3. The maximum absolute atomic E-state index is 10.9. The van der Waals surface area contributed by atoms with Gasteiger partial charge in [0.2, 0.25) is 0 Å². The van der Waals surface area contributed by atoms with Crippen LogP contribution in [-0.4, -0.2) is 9.97 Å². The van der Waals surface area contributed by atoms with Crippen LogP contribution in [0.3, 0.4) is 0 Å². The smallest absolute Gasteiger partial charge is 0.304 e. The lowest BCUT2D eigenvalue weighted by atomic mass is 10.3. The van der Waals surface area contributed by atoms with Crippen LogP contribution in [-0.2, 0) is 6.54 Å². The van der Waals surface area contributed by atoms with Crippen molar-refractivity contribution >= 4 is 17.0 Å². The molecule has 2 aromatic rings. The van der Waals surface area contributed by atoms with Gasteiger partial charge in [-0.2, -0.15) is 0 Å². The molecule has 0 fully saturated rings. The molecule has 0 spiro atoms. The maximum Gasteiger partial charge on any atom is 0.304 e. The van der Waals surface area contributed by atoms with Crippen LogP contribution in [0.2, 0.25) is 0 Å². The molecule has 4 nitrogen and oxygen atoms in total. The minimum atomic E-state index is -0.0160. The van der Waals surface area contributed by atoms with E-state index in [1.165, 1.54) is 11.3 Å². The van der Waals surface area contributed by atoms with E-state index in [-0.39, 0.29) is 4.87 Å². The van der Waals surface area contributed by atoms with Crippen molar-refractivity contribution in [2.24, 2.45) is 0 Å². The quantitative estimate of drug-likeness (QED) is 0.830. The Morgan fingerprint density at radius 2 is 2.47 bits per heavy atom. The Kier molecular flexibility index (Phi) is 2.82. The molecule has 78 valence electrons. The number of aromatic nitrogens is 2. The molecular weight excluding hydrogens is 210 g/mol. The van der Waals surface area contributed by atoms with Crippen LogP contribution in [0.25, 0.3) is 0 Å². The molecule has 2 heterocycles. The topological polar surface area (TPSA) is 57.8 Å². The van der Waals surface area contributed by atoms with Crippen LogP contribution in [0.5, 0.6) is 0 Å². The van der Waals surface area contributed by atoms with E-state index < -0.39 is 0 Å². The third-order valence-corrected chi connectivity index (χ3v) is 2.67. The lowest BCUT2D eigenvalue weighted by Crippen LogP contribution is -2.02. The Balaban J connectivity index is 2.02. The van der Waals surface area contributed by atoms with E-state index in [9.17, 15) is 4.79 Å². The molecule has 2 rings (SSSR count). The second-order valence-electron chi connectivity index (χ2n) is 3.21. The first-order valence-corrected chi connectivity index (χ1v) is 5.45. The van der Waals surface area contributed by atoms with Crippen LogP contribution >= 0.6 is 11.3 Å². The Bertz CT molecular complexity index is 503. The molecule has 0 bridgehead atoms. The maximum atomic E-state index is 10.9. The predicted molar refractivity (Wildman–Crippen MR) is 61.2 cm³/mol. The van der Waals surface area contributed by atoms with Gasteiger partial charge in [0.1, 0.15) is 0 Å². The molecule has 0 unspecified atom stereocenters. The summed E-state index contributed by atoms with van der Waals surface area (Å²) in [6.07, 6.45) is 1.76. The van der Waals surface area contributed by atoms with Gasteiger partial charge in [0, 0.05) is 28.7 Å². The number of aromatic amines is 1. The summed E-state index contributed by atoms with van der Waals surface area (Å²) < 4.78 is 0. The van der Waals surface area contributed by atoms with Gasteiger partial charge in [0.25, 0.3) is 0 Å². The summed E-state index contributed by atoms with van der Waals surface area (Å²) in [5, 5.41) is 5.03. The van der Waals surface area contributed by atoms with Crippen molar-refractivity contribution in [2.45, 2.75) is 13.5 Å². The lowest BCUT2D eigenvalue weighted by Gasteiger charge is -2.04. The summed E-state index contributed by atoms with van der Waals surface area (Å²) in [6, 6.07) is 3.86. The lowest BCUT2D eigenvalue weighted by molar-refractivity contribution is 1.05. The van der Waals surface area contributed by atoms with Gasteiger partial charge >= 0.3 is 4.87 Å². The van der Waals surface area contributed by atoms with Crippen molar-refractivity contribution in [2.75, 3.05) is 5.32 Å². The van der Waals surface area contributed by atoms with Crippen LogP contribution < -0.4 is 10.2 Å². The third kappa shape index (κ3) is 2.66. The predicted octanol–water partition coefficient (Wildman–Crippen LogP) is 1.75. The summed E-state index contributed by atoms with van der Waals surface area (Å²) in [5.41, 5.74) is 2.88. The van der Waals surface area contributed by atoms with Crippen LogP contribution in [0.15, 0.2) is 28.5 Å². The monoisotopic (exact) mass is 221 g/mol. The van der Waals surface area contributed by atoms with Gasteiger partial charge in [-0.3, -0.25) is 9.78 Å². The van der Waals surface area contributed by atoms with Crippen molar-refractivity contribution in [1.82, 2.24) is 9.97 Å². The van der Waals surface area contributed by atoms with Crippen LogP contribution in [0.1, 0.15) is 11.4 Å². The molecule has 0 saturated carbocycles. The summed E-state index contributed by atoms with van der Waals surface area (Å²) in [5.74, 6) is 0. The molecule has 0 aliphatic carbocycles. The van der Waals surface area contributed by atoms with Crippen molar-refractivity contribution < 1.29 is 0 Å². The van der Waals surface area contributed by atoms with Crippen molar-refractivity contribution in [3.05, 3.63) is 44.8 Å². The highest BCUT2D eigenvalue weighted by Gasteiger charge is 1.97. The Labute approximate surface area is 91.0 Å². The number of pyridine rings is 1. The average Bonchev–Trinajstić information content (AvgIpc) is 2.62. The molecule has 0 saturated heterocycles. The second-order valence-corrected chi connectivity index (χ2v) is 4.06. The average molecular weight is 221 g/mol. The molecule has 2 N–H and O–H groups in total. The zero-order chi connectivity index (χ0) is 10.7. The van der Waals surface area contributed by atoms with Gasteiger partial charge < -0.3 is 10.3 Å². The van der Waals surface area contributed by atoms with E-state index in [0.717, 1.165) is 17.1 Å². The molecule has 15 heavy (non-hydrogen) atoms. The van der Waals surface area contributed by atoms with Gasteiger partial charge in [0.05, 0.1) is 6.54 Å². The summed E-state index contributed by atoms with van der Waals surface area (Å²) in [4.78, 5) is 17.7. The van der Waals surface area contributed by atoms with E-state index in [1.807, 2.05) is 24.4 Å². The molecule has 0 aliphatic rings. The molecular formula is C10H11N3OS. The zero-order valence-electron chi connectivity index (χ0n) is 8.28. The highest BCUT2D eigenvalue weighted by molar-refractivity contribution is 7.07. The first kappa shape index (κ1) is 9.92. The van der Waals surface area contributed by atoms with Gasteiger partial charge in [-0.25, -0.2) is 0 Å². The summed E-state index contributed by atoms with van der Waals surface area (Å²) in [6.45, 7) is 2.57. The van der Waals surface area contributed by atoms with Crippen molar-refractivity contribution in [3.63, 3.8) is 0 Å². The fraction of sp³-hybridized carbons (Fsp3) is 0.200. The van der Waals surface area contributed by atoms with Gasteiger partial charge in [-0.1, -0.05) is 11.3 Å².